The minimum Gasteiger partial charge on any atom is -0.328 e. The highest BCUT2D eigenvalue weighted by Crippen LogP contribution is 2.40. The second kappa shape index (κ2) is 6.64. The highest BCUT2D eigenvalue weighted by atomic mass is 15.0. The van der Waals surface area contributed by atoms with E-state index in [0.717, 1.165) is 22.3 Å². The molecule has 2 aromatic heterocycles. The van der Waals surface area contributed by atoms with Crippen LogP contribution in [0.3, 0.4) is 0 Å². The zero-order chi connectivity index (χ0) is 21.1. The molecule has 0 amide bonds. The van der Waals surface area contributed by atoms with E-state index in [2.05, 4.69) is 103 Å². The summed E-state index contributed by atoms with van der Waals surface area (Å²) >= 11 is 0. The van der Waals surface area contributed by atoms with E-state index in [0.29, 0.717) is 5.92 Å². The van der Waals surface area contributed by atoms with Crippen molar-refractivity contribution in [2.45, 2.75) is 19.8 Å². The third kappa shape index (κ3) is 2.53. The predicted octanol–water partition coefficient (Wildman–Crippen LogP) is 7.22. The fraction of sp³-hybridized carbons (Fsp3) is 0.143. The van der Waals surface area contributed by atoms with Gasteiger partial charge in [-0.1, -0.05) is 80.6 Å². The summed E-state index contributed by atoms with van der Waals surface area (Å²) in [6, 6.07) is 26.1. The SMILES string of the molecule is CC(C)c1ccc(-c2ncnc3c2c2c4ccccc4ccc2n3C)c2ccccc12. The molecule has 0 aliphatic rings. The van der Waals surface area contributed by atoms with E-state index in [1.807, 2.05) is 0 Å². The fourth-order valence-corrected chi connectivity index (χ4v) is 5.01. The number of hydrogen-bond acceptors (Lipinski definition) is 2. The molecule has 0 N–H and O–H groups in total. The van der Waals surface area contributed by atoms with Gasteiger partial charge in [0.2, 0.25) is 0 Å². The van der Waals surface area contributed by atoms with E-state index in [-0.39, 0.29) is 0 Å². The Kier molecular flexibility index (Phi) is 3.87. The molecule has 0 bridgehead atoms. The summed E-state index contributed by atoms with van der Waals surface area (Å²) in [4.78, 5) is 9.54. The number of fused-ring (bicyclic) bond motifs is 6. The van der Waals surface area contributed by atoms with E-state index in [1.54, 1.807) is 6.33 Å². The Morgan fingerprint density at radius 1 is 0.710 bits per heavy atom. The molecule has 0 aliphatic heterocycles. The number of aromatic nitrogens is 3. The Balaban J connectivity index is 1.81. The summed E-state index contributed by atoms with van der Waals surface area (Å²) < 4.78 is 2.19. The first-order valence-corrected chi connectivity index (χ1v) is 10.8. The Morgan fingerprint density at radius 3 is 2.26 bits per heavy atom. The van der Waals surface area contributed by atoms with Crippen molar-refractivity contribution in [2.75, 3.05) is 0 Å². The summed E-state index contributed by atoms with van der Waals surface area (Å²) in [5.41, 5.74) is 5.67. The maximum atomic E-state index is 4.85. The van der Waals surface area contributed by atoms with E-state index < -0.39 is 0 Å². The van der Waals surface area contributed by atoms with Crippen molar-refractivity contribution < 1.29 is 0 Å². The Bertz CT molecular complexity index is 1620. The molecule has 0 aliphatic carbocycles. The lowest BCUT2D eigenvalue weighted by Gasteiger charge is -2.14. The van der Waals surface area contributed by atoms with Crippen LogP contribution in [0.15, 0.2) is 79.1 Å². The molecular weight excluding hydrogens is 378 g/mol. The van der Waals surface area contributed by atoms with Crippen molar-refractivity contribution >= 4 is 43.5 Å². The van der Waals surface area contributed by atoms with Crippen molar-refractivity contribution in [3.05, 3.63) is 84.7 Å². The molecule has 0 saturated carbocycles. The lowest BCUT2D eigenvalue weighted by Crippen LogP contribution is -1.95. The average molecular weight is 402 g/mol. The first-order chi connectivity index (χ1) is 15.1. The van der Waals surface area contributed by atoms with Crippen LogP contribution in [0.4, 0.5) is 0 Å². The molecule has 0 radical (unpaired) electrons. The maximum Gasteiger partial charge on any atom is 0.144 e. The van der Waals surface area contributed by atoms with Gasteiger partial charge in [-0.05, 0) is 39.1 Å². The van der Waals surface area contributed by atoms with Gasteiger partial charge in [-0.25, -0.2) is 9.97 Å². The largest absolute Gasteiger partial charge is 0.328 e. The molecule has 31 heavy (non-hydrogen) atoms. The van der Waals surface area contributed by atoms with Gasteiger partial charge < -0.3 is 4.57 Å². The van der Waals surface area contributed by atoms with Gasteiger partial charge in [0, 0.05) is 18.0 Å². The van der Waals surface area contributed by atoms with Crippen LogP contribution in [0.2, 0.25) is 0 Å². The lowest BCUT2D eigenvalue weighted by atomic mass is 9.91. The summed E-state index contributed by atoms with van der Waals surface area (Å²) in [7, 11) is 2.09. The van der Waals surface area contributed by atoms with Gasteiger partial charge >= 0.3 is 0 Å². The molecule has 4 aromatic carbocycles. The summed E-state index contributed by atoms with van der Waals surface area (Å²) in [6.45, 7) is 4.50. The van der Waals surface area contributed by atoms with Crippen molar-refractivity contribution in [2.24, 2.45) is 7.05 Å². The van der Waals surface area contributed by atoms with E-state index >= 15 is 0 Å². The van der Waals surface area contributed by atoms with Crippen LogP contribution < -0.4 is 0 Å². The molecule has 2 heterocycles. The first kappa shape index (κ1) is 18.1. The quantitative estimate of drug-likeness (QED) is 0.307. The maximum absolute atomic E-state index is 4.85. The smallest absolute Gasteiger partial charge is 0.144 e. The van der Waals surface area contributed by atoms with Crippen LogP contribution in [0.5, 0.6) is 0 Å². The number of nitrogens with zero attached hydrogens (tertiary/aromatic N) is 3. The predicted molar refractivity (Wildman–Crippen MR) is 131 cm³/mol. The Hall–Kier alpha value is -3.72. The molecule has 0 saturated heterocycles. The van der Waals surface area contributed by atoms with E-state index in [1.165, 1.54) is 38.0 Å². The van der Waals surface area contributed by atoms with Crippen molar-refractivity contribution in [3.8, 4) is 11.3 Å². The molecular formula is C28H23N3. The zero-order valence-corrected chi connectivity index (χ0v) is 17.9. The van der Waals surface area contributed by atoms with Crippen LogP contribution in [-0.2, 0) is 7.05 Å². The van der Waals surface area contributed by atoms with Crippen LogP contribution >= 0.6 is 0 Å². The van der Waals surface area contributed by atoms with Crippen LogP contribution in [0.25, 0.3) is 54.7 Å². The van der Waals surface area contributed by atoms with Gasteiger partial charge in [-0.2, -0.15) is 0 Å². The lowest BCUT2D eigenvalue weighted by molar-refractivity contribution is 0.876. The molecule has 0 unspecified atom stereocenters. The van der Waals surface area contributed by atoms with Crippen LogP contribution in [-0.4, -0.2) is 14.5 Å². The topological polar surface area (TPSA) is 30.7 Å². The molecule has 6 rings (SSSR count). The van der Waals surface area contributed by atoms with Crippen LogP contribution in [0.1, 0.15) is 25.3 Å². The third-order valence-electron chi connectivity index (χ3n) is 6.50. The number of rotatable bonds is 2. The van der Waals surface area contributed by atoms with Crippen LogP contribution in [0, 0.1) is 0 Å². The van der Waals surface area contributed by atoms with Gasteiger partial charge in [0.1, 0.15) is 12.0 Å². The standard InChI is InChI=1S/C28H23N3/c1-17(2)19-13-14-23(22-11-7-6-10-21(19)22)27-26-25-20-9-5-4-8-18(20)12-15-24(25)31(3)28(26)30-16-29-27/h4-17H,1-3H3. The van der Waals surface area contributed by atoms with Gasteiger partial charge in [-0.3, -0.25) is 0 Å². The summed E-state index contributed by atoms with van der Waals surface area (Å²) in [5.74, 6) is 0.464. The number of hydrogen-bond donors (Lipinski definition) is 0. The Morgan fingerprint density at radius 2 is 1.45 bits per heavy atom. The normalized spacial score (nSPS) is 12.0. The van der Waals surface area contributed by atoms with Gasteiger partial charge in [0.25, 0.3) is 0 Å². The molecule has 3 heteroatoms. The number of aryl methyl sites for hydroxylation is 1. The van der Waals surface area contributed by atoms with Gasteiger partial charge in [0.05, 0.1) is 16.6 Å². The average Bonchev–Trinajstić information content (AvgIpc) is 3.11. The van der Waals surface area contributed by atoms with Crippen molar-refractivity contribution in [1.82, 2.24) is 14.5 Å². The zero-order valence-electron chi connectivity index (χ0n) is 17.9. The molecule has 0 fully saturated rings. The molecule has 0 atom stereocenters. The van der Waals surface area contributed by atoms with Crippen molar-refractivity contribution in [1.29, 1.82) is 0 Å². The summed E-state index contributed by atoms with van der Waals surface area (Å²) in [6.07, 6.45) is 1.70. The first-order valence-electron chi connectivity index (χ1n) is 10.8. The molecule has 3 nitrogen and oxygen atoms in total. The molecule has 150 valence electrons. The molecule has 0 spiro atoms. The van der Waals surface area contributed by atoms with E-state index in [9.17, 15) is 0 Å². The van der Waals surface area contributed by atoms with Crippen molar-refractivity contribution in [3.63, 3.8) is 0 Å². The monoisotopic (exact) mass is 401 g/mol. The highest BCUT2D eigenvalue weighted by Gasteiger charge is 2.19. The third-order valence-corrected chi connectivity index (χ3v) is 6.50. The molecule has 6 aromatic rings. The van der Waals surface area contributed by atoms with Gasteiger partial charge in [-0.15, -0.1) is 0 Å². The van der Waals surface area contributed by atoms with E-state index in [4.69, 9.17) is 4.98 Å². The Labute approximate surface area is 181 Å². The second-order valence-electron chi connectivity index (χ2n) is 8.56. The fourth-order valence-electron chi connectivity index (χ4n) is 5.01. The number of benzene rings is 4. The second-order valence-corrected chi connectivity index (χ2v) is 8.56. The minimum absolute atomic E-state index is 0.464. The highest BCUT2D eigenvalue weighted by molar-refractivity contribution is 6.24. The summed E-state index contributed by atoms with van der Waals surface area (Å²) in [5, 5.41) is 7.36. The van der Waals surface area contributed by atoms with Gasteiger partial charge in [0.15, 0.2) is 0 Å². The minimum atomic E-state index is 0.464.